The Hall–Kier alpha value is -2.40. The molecule has 20 heavy (non-hydrogen) atoms. The van der Waals surface area contributed by atoms with E-state index in [1.54, 1.807) is 12.1 Å². The van der Waals surface area contributed by atoms with Gasteiger partial charge in [0.15, 0.2) is 0 Å². The van der Waals surface area contributed by atoms with Crippen LogP contribution in [0.5, 0.6) is 11.6 Å². The van der Waals surface area contributed by atoms with E-state index in [0.29, 0.717) is 18.0 Å². The lowest BCUT2D eigenvalue weighted by molar-refractivity contribution is 0.1000. The molecular formula is C15H17N3O2. The molecule has 2 rings (SSSR count). The minimum absolute atomic E-state index is 0.354. The molecule has 4 N–H and O–H groups in total. The number of primary amides is 1. The Morgan fingerprint density at radius 2 is 2.10 bits per heavy atom. The second-order valence-corrected chi connectivity index (χ2v) is 4.49. The van der Waals surface area contributed by atoms with Crippen LogP contribution in [0, 0.1) is 6.92 Å². The van der Waals surface area contributed by atoms with Crippen molar-refractivity contribution in [1.29, 1.82) is 0 Å². The van der Waals surface area contributed by atoms with E-state index in [9.17, 15) is 4.79 Å². The van der Waals surface area contributed by atoms with E-state index in [1.807, 2.05) is 25.1 Å². The van der Waals surface area contributed by atoms with E-state index < -0.39 is 5.91 Å². The molecule has 0 aliphatic heterocycles. The maximum atomic E-state index is 11.0. The van der Waals surface area contributed by atoms with Gasteiger partial charge in [-0.3, -0.25) is 4.79 Å². The Morgan fingerprint density at radius 3 is 2.65 bits per heavy atom. The van der Waals surface area contributed by atoms with Crippen LogP contribution in [0.1, 0.15) is 21.5 Å². The molecule has 0 aliphatic rings. The average Bonchev–Trinajstić information content (AvgIpc) is 2.43. The lowest BCUT2D eigenvalue weighted by Crippen LogP contribution is -2.10. The number of nitrogens with zero attached hydrogens (tertiary/aromatic N) is 1. The van der Waals surface area contributed by atoms with Crippen molar-refractivity contribution in [2.24, 2.45) is 11.5 Å². The second-order valence-electron chi connectivity index (χ2n) is 4.49. The Bertz CT molecular complexity index is 609. The minimum Gasteiger partial charge on any atom is -0.439 e. The van der Waals surface area contributed by atoms with Crippen LogP contribution < -0.4 is 16.2 Å². The Labute approximate surface area is 117 Å². The van der Waals surface area contributed by atoms with Crippen LogP contribution in [-0.4, -0.2) is 17.4 Å². The van der Waals surface area contributed by atoms with Gasteiger partial charge in [-0.05, 0) is 43.1 Å². The molecule has 0 radical (unpaired) electrons. The van der Waals surface area contributed by atoms with E-state index in [0.717, 1.165) is 17.7 Å². The first-order chi connectivity index (χ1) is 9.60. The summed E-state index contributed by atoms with van der Waals surface area (Å²) in [4.78, 5) is 15.0. The summed E-state index contributed by atoms with van der Waals surface area (Å²) in [7, 11) is 0. The highest BCUT2D eigenvalue weighted by Gasteiger charge is 2.05. The fourth-order valence-corrected chi connectivity index (χ4v) is 1.85. The lowest BCUT2D eigenvalue weighted by Gasteiger charge is -2.09. The van der Waals surface area contributed by atoms with E-state index in [4.69, 9.17) is 16.2 Å². The summed E-state index contributed by atoms with van der Waals surface area (Å²) in [5.41, 5.74) is 13.2. The Kier molecular flexibility index (Phi) is 4.32. The molecular weight excluding hydrogens is 254 g/mol. The molecule has 0 aliphatic carbocycles. The molecule has 2 aromatic rings. The molecule has 1 aromatic heterocycles. The summed E-state index contributed by atoms with van der Waals surface area (Å²) in [6.07, 6.45) is 2.24. The van der Waals surface area contributed by atoms with Crippen LogP contribution in [-0.2, 0) is 6.42 Å². The SMILES string of the molecule is Cc1cc(CCN)ccc1Oc1ccc(C(N)=O)cn1. The smallest absolute Gasteiger partial charge is 0.250 e. The van der Waals surface area contributed by atoms with Gasteiger partial charge in [-0.25, -0.2) is 4.98 Å². The van der Waals surface area contributed by atoms with Crippen molar-refractivity contribution < 1.29 is 9.53 Å². The monoisotopic (exact) mass is 271 g/mol. The zero-order valence-corrected chi connectivity index (χ0v) is 11.3. The number of rotatable bonds is 5. The van der Waals surface area contributed by atoms with Gasteiger partial charge in [0, 0.05) is 12.3 Å². The van der Waals surface area contributed by atoms with Gasteiger partial charge < -0.3 is 16.2 Å². The number of hydrogen-bond acceptors (Lipinski definition) is 4. The van der Waals surface area contributed by atoms with Crippen molar-refractivity contribution in [3.8, 4) is 11.6 Å². The quantitative estimate of drug-likeness (QED) is 0.867. The topological polar surface area (TPSA) is 91.2 Å². The van der Waals surface area contributed by atoms with Crippen LogP contribution in [0.15, 0.2) is 36.5 Å². The van der Waals surface area contributed by atoms with E-state index in [2.05, 4.69) is 4.98 Å². The number of carbonyl (C=O) groups is 1. The average molecular weight is 271 g/mol. The summed E-state index contributed by atoms with van der Waals surface area (Å²) in [6, 6.07) is 9.12. The molecule has 0 saturated carbocycles. The largest absolute Gasteiger partial charge is 0.439 e. The summed E-state index contributed by atoms with van der Waals surface area (Å²) in [6.45, 7) is 2.59. The number of pyridine rings is 1. The fraction of sp³-hybridized carbons (Fsp3) is 0.200. The number of aryl methyl sites for hydroxylation is 1. The molecule has 1 heterocycles. The number of nitrogens with two attached hydrogens (primary N) is 2. The first kappa shape index (κ1) is 14.0. The summed E-state index contributed by atoms with van der Waals surface area (Å²) < 4.78 is 5.68. The van der Waals surface area contributed by atoms with Crippen molar-refractivity contribution in [3.63, 3.8) is 0 Å². The fourth-order valence-electron chi connectivity index (χ4n) is 1.85. The standard InChI is InChI=1S/C15H17N3O2/c1-10-8-11(6-7-16)2-4-13(10)20-14-5-3-12(9-18-14)15(17)19/h2-5,8-9H,6-7,16H2,1H3,(H2,17,19). The molecule has 104 valence electrons. The Morgan fingerprint density at radius 1 is 1.30 bits per heavy atom. The molecule has 0 bridgehead atoms. The van der Waals surface area contributed by atoms with Crippen molar-refractivity contribution >= 4 is 5.91 Å². The molecule has 0 atom stereocenters. The molecule has 5 nitrogen and oxygen atoms in total. The van der Waals surface area contributed by atoms with Crippen molar-refractivity contribution in [1.82, 2.24) is 4.98 Å². The number of aromatic nitrogens is 1. The molecule has 1 aromatic carbocycles. The first-order valence-corrected chi connectivity index (χ1v) is 6.33. The number of amides is 1. The molecule has 1 amide bonds. The molecule has 5 heteroatoms. The molecule has 0 spiro atoms. The van der Waals surface area contributed by atoms with Crippen LogP contribution in [0.25, 0.3) is 0 Å². The third-order valence-electron chi connectivity index (χ3n) is 2.91. The Balaban J connectivity index is 2.15. The van der Waals surface area contributed by atoms with Crippen LogP contribution in [0.3, 0.4) is 0 Å². The predicted molar refractivity (Wildman–Crippen MR) is 76.8 cm³/mol. The van der Waals surface area contributed by atoms with Gasteiger partial charge in [-0.2, -0.15) is 0 Å². The van der Waals surface area contributed by atoms with Gasteiger partial charge >= 0.3 is 0 Å². The van der Waals surface area contributed by atoms with E-state index in [1.165, 1.54) is 11.8 Å². The van der Waals surface area contributed by atoms with Crippen molar-refractivity contribution in [2.45, 2.75) is 13.3 Å². The maximum absolute atomic E-state index is 11.0. The summed E-state index contributed by atoms with van der Waals surface area (Å²) >= 11 is 0. The number of carbonyl (C=O) groups excluding carboxylic acids is 1. The molecule has 0 fully saturated rings. The molecule has 0 saturated heterocycles. The third-order valence-corrected chi connectivity index (χ3v) is 2.91. The zero-order valence-electron chi connectivity index (χ0n) is 11.3. The highest BCUT2D eigenvalue weighted by atomic mass is 16.5. The van der Waals surface area contributed by atoms with Gasteiger partial charge in [0.05, 0.1) is 5.56 Å². The van der Waals surface area contributed by atoms with Gasteiger partial charge in [0.25, 0.3) is 0 Å². The highest BCUT2D eigenvalue weighted by Crippen LogP contribution is 2.24. The minimum atomic E-state index is -0.508. The first-order valence-electron chi connectivity index (χ1n) is 6.33. The predicted octanol–water partition coefficient (Wildman–Crippen LogP) is 1.78. The van der Waals surface area contributed by atoms with Gasteiger partial charge in [-0.15, -0.1) is 0 Å². The van der Waals surface area contributed by atoms with Gasteiger partial charge in [0.1, 0.15) is 5.75 Å². The van der Waals surface area contributed by atoms with Crippen LogP contribution in [0.2, 0.25) is 0 Å². The lowest BCUT2D eigenvalue weighted by atomic mass is 10.1. The van der Waals surface area contributed by atoms with Crippen LogP contribution >= 0.6 is 0 Å². The van der Waals surface area contributed by atoms with Crippen molar-refractivity contribution in [2.75, 3.05) is 6.54 Å². The zero-order chi connectivity index (χ0) is 14.5. The van der Waals surface area contributed by atoms with Crippen molar-refractivity contribution in [3.05, 3.63) is 53.2 Å². The van der Waals surface area contributed by atoms with Gasteiger partial charge in [-0.1, -0.05) is 12.1 Å². The van der Waals surface area contributed by atoms with Gasteiger partial charge in [0.2, 0.25) is 11.8 Å². The number of benzene rings is 1. The highest BCUT2D eigenvalue weighted by molar-refractivity contribution is 5.92. The summed E-state index contributed by atoms with van der Waals surface area (Å²) in [5, 5.41) is 0. The van der Waals surface area contributed by atoms with E-state index >= 15 is 0 Å². The summed E-state index contributed by atoms with van der Waals surface area (Å²) in [5.74, 6) is 0.640. The third kappa shape index (κ3) is 3.33. The maximum Gasteiger partial charge on any atom is 0.250 e. The number of ether oxygens (including phenoxy) is 1. The second kappa shape index (κ2) is 6.16. The van der Waals surface area contributed by atoms with Crippen LogP contribution in [0.4, 0.5) is 0 Å². The normalized spacial score (nSPS) is 10.3. The molecule has 0 unspecified atom stereocenters. The van der Waals surface area contributed by atoms with E-state index in [-0.39, 0.29) is 0 Å². The number of hydrogen-bond donors (Lipinski definition) is 2.